The zero-order valence-electron chi connectivity index (χ0n) is 14.0. The molecule has 1 aliphatic carbocycles. The zero-order valence-corrected chi connectivity index (χ0v) is 14.0. The molecular weight excluding hydrogens is 310 g/mol. The SMILES string of the molecule is COc1cc([N+](=O)[O-])ccc1NC(=O)CNC1CCCCCCC1. The number of hydrogen-bond donors (Lipinski definition) is 2. The third kappa shape index (κ3) is 5.49. The van der Waals surface area contributed by atoms with E-state index in [-0.39, 0.29) is 23.9 Å². The topological polar surface area (TPSA) is 93.5 Å². The molecule has 1 aromatic carbocycles. The van der Waals surface area contributed by atoms with Gasteiger partial charge < -0.3 is 15.4 Å². The van der Waals surface area contributed by atoms with Crippen LogP contribution in [0, 0.1) is 10.1 Å². The summed E-state index contributed by atoms with van der Waals surface area (Å²) < 4.78 is 5.12. The van der Waals surface area contributed by atoms with Gasteiger partial charge in [-0.1, -0.05) is 32.1 Å². The van der Waals surface area contributed by atoms with Crippen molar-refractivity contribution in [1.82, 2.24) is 5.32 Å². The molecule has 0 atom stereocenters. The van der Waals surface area contributed by atoms with Crippen LogP contribution in [-0.2, 0) is 4.79 Å². The molecular formula is C17H25N3O4. The van der Waals surface area contributed by atoms with E-state index in [4.69, 9.17) is 4.74 Å². The van der Waals surface area contributed by atoms with E-state index in [0.717, 1.165) is 12.8 Å². The Morgan fingerprint density at radius 3 is 2.54 bits per heavy atom. The van der Waals surface area contributed by atoms with Gasteiger partial charge in [-0.3, -0.25) is 14.9 Å². The number of nitrogens with one attached hydrogen (secondary N) is 2. The largest absolute Gasteiger partial charge is 0.494 e. The van der Waals surface area contributed by atoms with E-state index in [9.17, 15) is 14.9 Å². The minimum absolute atomic E-state index is 0.0718. The van der Waals surface area contributed by atoms with Crippen molar-refractivity contribution in [2.75, 3.05) is 19.0 Å². The average Bonchev–Trinajstić information content (AvgIpc) is 2.54. The van der Waals surface area contributed by atoms with E-state index in [0.29, 0.717) is 11.7 Å². The summed E-state index contributed by atoms with van der Waals surface area (Å²) in [4.78, 5) is 22.4. The third-order valence-electron chi connectivity index (χ3n) is 4.33. The van der Waals surface area contributed by atoms with Gasteiger partial charge in [0, 0.05) is 12.1 Å². The maximum absolute atomic E-state index is 12.1. The third-order valence-corrected chi connectivity index (χ3v) is 4.33. The lowest BCUT2D eigenvalue weighted by Gasteiger charge is -2.21. The molecule has 0 radical (unpaired) electrons. The number of non-ortho nitro benzene ring substituents is 1. The van der Waals surface area contributed by atoms with Crippen molar-refractivity contribution in [3.8, 4) is 5.75 Å². The molecule has 2 N–H and O–H groups in total. The highest BCUT2D eigenvalue weighted by Crippen LogP contribution is 2.28. The van der Waals surface area contributed by atoms with E-state index in [1.807, 2.05) is 0 Å². The number of benzene rings is 1. The summed E-state index contributed by atoms with van der Waals surface area (Å²) in [5, 5.41) is 16.8. The minimum Gasteiger partial charge on any atom is -0.494 e. The van der Waals surface area contributed by atoms with Gasteiger partial charge in [-0.2, -0.15) is 0 Å². The maximum atomic E-state index is 12.1. The first-order chi connectivity index (χ1) is 11.6. The first-order valence-electron chi connectivity index (χ1n) is 8.46. The molecule has 132 valence electrons. The molecule has 2 rings (SSSR count). The Morgan fingerprint density at radius 2 is 1.92 bits per heavy atom. The fraction of sp³-hybridized carbons (Fsp3) is 0.588. The first-order valence-corrected chi connectivity index (χ1v) is 8.46. The highest BCUT2D eigenvalue weighted by molar-refractivity contribution is 5.93. The van der Waals surface area contributed by atoms with Gasteiger partial charge in [0.2, 0.25) is 5.91 Å². The molecule has 1 fully saturated rings. The lowest BCUT2D eigenvalue weighted by Crippen LogP contribution is -2.36. The normalized spacial score (nSPS) is 16.0. The molecule has 0 unspecified atom stereocenters. The van der Waals surface area contributed by atoms with E-state index in [1.54, 1.807) is 0 Å². The van der Waals surface area contributed by atoms with Gasteiger partial charge in [0.15, 0.2) is 0 Å². The van der Waals surface area contributed by atoms with Gasteiger partial charge >= 0.3 is 0 Å². The average molecular weight is 335 g/mol. The monoisotopic (exact) mass is 335 g/mol. The first kappa shape index (κ1) is 18.2. The van der Waals surface area contributed by atoms with Gasteiger partial charge in [0.25, 0.3) is 5.69 Å². The number of anilines is 1. The summed E-state index contributed by atoms with van der Waals surface area (Å²) in [7, 11) is 1.42. The lowest BCUT2D eigenvalue weighted by molar-refractivity contribution is -0.384. The van der Waals surface area contributed by atoms with Gasteiger partial charge in [-0.05, 0) is 18.9 Å². The second-order valence-electron chi connectivity index (χ2n) is 6.11. The molecule has 7 nitrogen and oxygen atoms in total. The number of methoxy groups -OCH3 is 1. The Bertz CT molecular complexity index is 569. The Morgan fingerprint density at radius 1 is 1.25 bits per heavy atom. The van der Waals surface area contributed by atoms with E-state index in [2.05, 4.69) is 10.6 Å². The van der Waals surface area contributed by atoms with Gasteiger partial charge in [-0.15, -0.1) is 0 Å². The van der Waals surface area contributed by atoms with Crippen molar-refractivity contribution in [3.63, 3.8) is 0 Å². The number of nitro benzene ring substituents is 1. The van der Waals surface area contributed by atoms with Crippen LogP contribution in [-0.4, -0.2) is 30.5 Å². The minimum atomic E-state index is -0.496. The number of carbonyl (C=O) groups excluding carboxylic acids is 1. The van der Waals surface area contributed by atoms with Crippen molar-refractivity contribution in [1.29, 1.82) is 0 Å². The molecule has 0 saturated heterocycles. The smallest absolute Gasteiger partial charge is 0.273 e. The van der Waals surface area contributed by atoms with Gasteiger partial charge in [0.1, 0.15) is 5.75 Å². The van der Waals surface area contributed by atoms with Crippen molar-refractivity contribution >= 4 is 17.3 Å². The van der Waals surface area contributed by atoms with Crippen molar-refractivity contribution < 1.29 is 14.5 Å². The Hall–Kier alpha value is -2.15. The predicted octanol–water partition coefficient (Wildman–Crippen LogP) is 3.24. The second-order valence-corrected chi connectivity index (χ2v) is 6.11. The number of nitro groups is 1. The van der Waals surface area contributed by atoms with Crippen LogP contribution in [0.15, 0.2) is 18.2 Å². The molecule has 7 heteroatoms. The number of rotatable bonds is 6. The Balaban J connectivity index is 1.88. The van der Waals surface area contributed by atoms with Crippen LogP contribution in [0.3, 0.4) is 0 Å². The van der Waals surface area contributed by atoms with Gasteiger partial charge in [-0.25, -0.2) is 0 Å². The number of carbonyl (C=O) groups is 1. The van der Waals surface area contributed by atoms with Crippen molar-refractivity contribution in [2.45, 2.75) is 51.0 Å². The highest BCUT2D eigenvalue weighted by Gasteiger charge is 2.15. The summed E-state index contributed by atoms with van der Waals surface area (Å²) in [6, 6.07) is 4.53. The zero-order chi connectivity index (χ0) is 17.4. The summed E-state index contributed by atoms with van der Waals surface area (Å²) in [6.07, 6.45) is 8.47. The quantitative estimate of drug-likeness (QED) is 0.615. The maximum Gasteiger partial charge on any atom is 0.273 e. The van der Waals surface area contributed by atoms with Crippen LogP contribution in [0.2, 0.25) is 0 Å². The van der Waals surface area contributed by atoms with Crippen LogP contribution in [0.4, 0.5) is 11.4 Å². The summed E-state index contributed by atoms with van der Waals surface area (Å²) in [5.74, 6) is 0.104. The molecule has 0 aliphatic heterocycles. The van der Waals surface area contributed by atoms with Crippen molar-refractivity contribution in [2.24, 2.45) is 0 Å². The number of nitrogens with zero attached hydrogens (tertiary/aromatic N) is 1. The molecule has 1 saturated carbocycles. The molecule has 0 heterocycles. The number of amides is 1. The molecule has 0 spiro atoms. The van der Waals surface area contributed by atoms with Crippen LogP contribution >= 0.6 is 0 Å². The number of hydrogen-bond acceptors (Lipinski definition) is 5. The molecule has 1 amide bonds. The summed E-state index contributed by atoms with van der Waals surface area (Å²) in [6.45, 7) is 0.227. The second kappa shape index (κ2) is 9.22. The van der Waals surface area contributed by atoms with Crippen LogP contribution in [0.1, 0.15) is 44.9 Å². The van der Waals surface area contributed by atoms with Crippen LogP contribution < -0.4 is 15.4 Å². The Labute approximate surface area is 141 Å². The summed E-state index contributed by atoms with van der Waals surface area (Å²) in [5.41, 5.74) is 0.366. The van der Waals surface area contributed by atoms with Crippen LogP contribution in [0.5, 0.6) is 5.75 Å². The predicted molar refractivity (Wildman–Crippen MR) is 92.4 cm³/mol. The molecule has 0 aromatic heterocycles. The van der Waals surface area contributed by atoms with Gasteiger partial charge in [0.05, 0.1) is 30.3 Å². The fourth-order valence-electron chi connectivity index (χ4n) is 2.99. The lowest BCUT2D eigenvalue weighted by atomic mass is 9.97. The Kier molecular flexibility index (Phi) is 6.99. The standard InChI is InChI=1S/C17H25N3O4/c1-24-16-11-14(20(22)23)9-10-15(16)19-17(21)12-18-13-7-5-3-2-4-6-8-13/h9-11,13,18H,2-8,12H2,1H3,(H,19,21). The molecule has 1 aromatic rings. The molecule has 0 bridgehead atoms. The molecule has 24 heavy (non-hydrogen) atoms. The summed E-state index contributed by atoms with van der Waals surface area (Å²) >= 11 is 0. The number of ether oxygens (including phenoxy) is 1. The van der Waals surface area contributed by atoms with Crippen molar-refractivity contribution in [3.05, 3.63) is 28.3 Å². The van der Waals surface area contributed by atoms with E-state index >= 15 is 0 Å². The highest BCUT2D eigenvalue weighted by atomic mass is 16.6. The van der Waals surface area contributed by atoms with Crippen LogP contribution in [0.25, 0.3) is 0 Å². The molecule has 1 aliphatic rings. The van der Waals surface area contributed by atoms with E-state index in [1.165, 1.54) is 57.4 Å². The fourth-order valence-corrected chi connectivity index (χ4v) is 2.99. The van der Waals surface area contributed by atoms with E-state index < -0.39 is 4.92 Å².